The summed E-state index contributed by atoms with van der Waals surface area (Å²) in [5.74, 6) is -0.185. The van der Waals surface area contributed by atoms with E-state index in [9.17, 15) is 14.0 Å². The molecule has 2 fully saturated rings. The minimum atomic E-state index is -0.267. The Morgan fingerprint density at radius 3 is 3.08 bits per heavy atom. The van der Waals surface area contributed by atoms with Crippen LogP contribution in [0.4, 0.5) is 9.18 Å². The maximum atomic E-state index is 13.2. The molecule has 6 nitrogen and oxygen atoms in total. The fourth-order valence-corrected chi connectivity index (χ4v) is 3.93. The predicted molar refractivity (Wildman–Crippen MR) is 91.6 cm³/mol. The number of hydrogen-bond donors (Lipinski definition) is 3. The summed E-state index contributed by atoms with van der Waals surface area (Å²) in [5.41, 5.74) is 1.75. The van der Waals surface area contributed by atoms with Crippen molar-refractivity contribution in [2.45, 2.75) is 19.3 Å². The predicted octanol–water partition coefficient (Wildman–Crippen LogP) is 1.77. The molecule has 0 radical (unpaired) electrons. The summed E-state index contributed by atoms with van der Waals surface area (Å²) >= 11 is 0. The van der Waals surface area contributed by atoms with Crippen molar-refractivity contribution in [2.75, 3.05) is 26.2 Å². The second-order valence-electron chi connectivity index (χ2n) is 7.11. The van der Waals surface area contributed by atoms with Gasteiger partial charge in [-0.3, -0.25) is 4.79 Å². The van der Waals surface area contributed by atoms with Crippen LogP contribution in [0.5, 0.6) is 0 Å². The van der Waals surface area contributed by atoms with Crippen molar-refractivity contribution in [1.29, 1.82) is 0 Å². The van der Waals surface area contributed by atoms with E-state index in [0.717, 1.165) is 22.9 Å². The Hall–Kier alpha value is -2.57. The van der Waals surface area contributed by atoms with Crippen molar-refractivity contribution in [3.8, 4) is 0 Å². The van der Waals surface area contributed by atoms with Crippen molar-refractivity contribution in [2.24, 2.45) is 5.41 Å². The number of nitrogens with zero attached hydrogens (tertiary/aromatic N) is 1. The lowest BCUT2D eigenvalue weighted by atomic mass is 9.86. The molecule has 0 bridgehead atoms. The number of fused-ring (bicyclic) bond motifs is 1. The number of urea groups is 1. The summed E-state index contributed by atoms with van der Waals surface area (Å²) in [4.78, 5) is 28.7. The fourth-order valence-electron chi connectivity index (χ4n) is 3.93. The summed E-state index contributed by atoms with van der Waals surface area (Å²) in [7, 11) is 0. The first-order chi connectivity index (χ1) is 12.0. The van der Waals surface area contributed by atoms with Crippen LogP contribution in [0.2, 0.25) is 0 Å². The Labute approximate surface area is 144 Å². The van der Waals surface area contributed by atoms with Gasteiger partial charge in [-0.15, -0.1) is 0 Å². The molecule has 2 aliphatic heterocycles. The summed E-state index contributed by atoms with van der Waals surface area (Å²) in [5, 5.41) is 6.80. The average Bonchev–Trinajstić information content (AvgIpc) is 3.28. The number of likely N-dealkylation sites (tertiary alicyclic amines) is 1. The first-order valence-electron chi connectivity index (χ1n) is 8.60. The molecule has 2 aromatic rings. The number of aromatic nitrogens is 1. The molecule has 2 aliphatic rings. The summed E-state index contributed by atoms with van der Waals surface area (Å²) in [6.07, 6.45) is 3.92. The third kappa shape index (κ3) is 3.06. The molecule has 0 aliphatic carbocycles. The molecule has 3 amide bonds. The van der Waals surface area contributed by atoms with E-state index in [4.69, 9.17) is 0 Å². The van der Waals surface area contributed by atoms with Crippen molar-refractivity contribution in [1.82, 2.24) is 20.5 Å². The molecular formula is C18H21FN4O2. The normalized spacial score (nSPS) is 22.8. The lowest BCUT2D eigenvalue weighted by molar-refractivity contribution is -0.119. The highest BCUT2D eigenvalue weighted by molar-refractivity contribution is 5.83. The van der Waals surface area contributed by atoms with Crippen LogP contribution >= 0.6 is 0 Å². The van der Waals surface area contributed by atoms with Gasteiger partial charge in [0.2, 0.25) is 5.91 Å². The highest BCUT2D eigenvalue weighted by Crippen LogP contribution is 2.36. The van der Waals surface area contributed by atoms with Crippen LogP contribution in [0.1, 0.15) is 18.4 Å². The van der Waals surface area contributed by atoms with Gasteiger partial charge in [0, 0.05) is 55.1 Å². The van der Waals surface area contributed by atoms with Gasteiger partial charge in [0.1, 0.15) is 5.82 Å². The molecule has 7 heteroatoms. The van der Waals surface area contributed by atoms with Gasteiger partial charge in [0.05, 0.1) is 0 Å². The monoisotopic (exact) mass is 344 g/mol. The maximum Gasteiger partial charge on any atom is 0.317 e. The molecule has 1 unspecified atom stereocenters. The molecular weight excluding hydrogens is 323 g/mol. The molecule has 2 saturated heterocycles. The zero-order valence-corrected chi connectivity index (χ0v) is 13.9. The molecule has 25 heavy (non-hydrogen) atoms. The second kappa shape index (κ2) is 6.06. The van der Waals surface area contributed by atoms with E-state index < -0.39 is 0 Å². The van der Waals surface area contributed by atoms with E-state index in [2.05, 4.69) is 15.6 Å². The zero-order valence-electron chi connectivity index (χ0n) is 13.9. The van der Waals surface area contributed by atoms with Gasteiger partial charge in [-0.2, -0.15) is 0 Å². The topological polar surface area (TPSA) is 77.2 Å². The van der Waals surface area contributed by atoms with E-state index >= 15 is 0 Å². The largest absolute Gasteiger partial charge is 0.361 e. The Morgan fingerprint density at radius 2 is 2.28 bits per heavy atom. The maximum absolute atomic E-state index is 13.2. The molecule has 0 saturated carbocycles. The standard InChI is InChI=1S/C18H21FN4O2/c19-13-1-2-14-12(9-21-15(14)7-13)3-5-20-17(25)23-6-4-18(11-23)8-16(24)22-10-18/h1-2,7,9,21H,3-6,8,10-11H2,(H,20,25)(H,22,24). The van der Waals surface area contributed by atoms with Crippen LogP contribution in [0.25, 0.3) is 10.9 Å². The van der Waals surface area contributed by atoms with E-state index in [1.165, 1.54) is 12.1 Å². The number of carbonyl (C=O) groups is 2. The Morgan fingerprint density at radius 1 is 1.40 bits per heavy atom. The van der Waals surface area contributed by atoms with E-state index in [0.29, 0.717) is 39.0 Å². The fraction of sp³-hybridized carbons (Fsp3) is 0.444. The first kappa shape index (κ1) is 15.9. The molecule has 132 valence electrons. The lowest BCUT2D eigenvalue weighted by Gasteiger charge is -2.22. The van der Waals surface area contributed by atoms with Crippen LogP contribution in [-0.4, -0.2) is 48.0 Å². The average molecular weight is 344 g/mol. The molecule has 3 N–H and O–H groups in total. The number of benzene rings is 1. The number of halogens is 1. The molecule has 4 rings (SSSR count). The number of H-pyrrole nitrogens is 1. The van der Waals surface area contributed by atoms with Gasteiger partial charge in [0.15, 0.2) is 0 Å². The van der Waals surface area contributed by atoms with Crippen molar-refractivity contribution in [3.05, 3.63) is 35.8 Å². The highest BCUT2D eigenvalue weighted by Gasteiger charge is 2.45. The first-order valence-corrected chi connectivity index (χ1v) is 8.60. The third-order valence-electron chi connectivity index (χ3n) is 5.32. The molecule has 1 spiro atoms. The zero-order chi connectivity index (χ0) is 17.4. The number of nitrogens with one attached hydrogen (secondary N) is 3. The van der Waals surface area contributed by atoms with Crippen molar-refractivity contribution >= 4 is 22.8 Å². The summed E-state index contributed by atoms with van der Waals surface area (Å²) in [6, 6.07) is 4.59. The molecule has 3 heterocycles. The van der Waals surface area contributed by atoms with Crippen LogP contribution in [-0.2, 0) is 11.2 Å². The number of hydrogen-bond acceptors (Lipinski definition) is 2. The van der Waals surface area contributed by atoms with E-state index in [-0.39, 0.29) is 23.2 Å². The minimum absolute atomic E-state index is 0.0741. The number of amides is 3. The molecule has 1 atom stereocenters. The number of carbonyl (C=O) groups excluding carboxylic acids is 2. The van der Waals surface area contributed by atoms with Gasteiger partial charge in [-0.25, -0.2) is 9.18 Å². The Kier molecular flexibility index (Phi) is 3.86. The van der Waals surface area contributed by atoms with Crippen LogP contribution in [0, 0.1) is 11.2 Å². The van der Waals surface area contributed by atoms with Crippen LogP contribution < -0.4 is 10.6 Å². The Bertz CT molecular complexity index is 834. The molecule has 1 aromatic carbocycles. The van der Waals surface area contributed by atoms with Gasteiger partial charge >= 0.3 is 6.03 Å². The van der Waals surface area contributed by atoms with Crippen molar-refractivity contribution < 1.29 is 14.0 Å². The summed E-state index contributed by atoms with van der Waals surface area (Å²) < 4.78 is 13.2. The number of rotatable bonds is 3. The quantitative estimate of drug-likeness (QED) is 0.794. The third-order valence-corrected chi connectivity index (χ3v) is 5.32. The smallest absolute Gasteiger partial charge is 0.317 e. The van der Waals surface area contributed by atoms with E-state index in [1.807, 2.05) is 6.20 Å². The SMILES string of the molecule is O=C1CC2(CCN(C(=O)NCCc3c[nH]c4cc(F)ccc34)C2)CN1. The minimum Gasteiger partial charge on any atom is -0.361 e. The number of aromatic amines is 1. The highest BCUT2D eigenvalue weighted by atomic mass is 19.1. The second-order valence-corrected chi connectivity index (χ2v) is 7.11. The van der Waals surface area contributed by atoms with Gasteiger partial charge in [0.25, 0.3) is 0 Å². The molecule has 1 aromatic heterocycles. The summed E-state index contributed by atoms with van der Waals surface area (Å²) in [6.45, 7) is 2.50. The van der Waals surface area contributed by atoms with E-state index in [1.54, 1.807) is 11.0 Å². The van der Waals surface area contributed by atoms with Gasteiger partial charge in [-0.05, 0) is 36.6 Å². The Balaban J connectivity index is 1.31. The van der Waals surface area contributed by atoms with Crippen LogP contribution in [0.15, 0.2) is 24.4 Å². The lowest BCUT2D eigenvalue weighted by Crippen LogP contribution is -2.41. The van der Waals surface area contributed by atoms with Crippen LogP contribution in [0.3, 0.4) is 0 Å². The van der Waals surface area contributed by atoms with Gasteiger partial charge < -0.3 is 20.5 Å². The van der Waals surface area contributed by atoms with Gasteiger partial charge in [-0.1, -0.05) is 0 Å². The van der Waals surface area contributed by atoms with Crippen molar-refractivity contribution in [3.63, 3.8) is 0 Å².